The highest BCUT2D eigenvalue weighted by molar-refractivity contribution is 7.92. The fraction of sp³-hybridized carbons (Fsp3) is 0.300. The molecule has 1 saturated heterocycles. The third kappa shape index (κ3) is 4.27. The van der Waals surface area contributed by atoms with Crippen LogP contribution in [0, 0.1) is 0 Å². The topological polar surface area (TPSA) is 117 Å². The van der Waals surface area contributed by atoms with Crippen molar-refractivity contribution in [2.24, 2.45) is 0 Å². The summed E-state index contributed by atoms with van der Waals surface area (Å²) in [6, 6.07) is 3.92. The van der Waals surface area contributed by atoms with Crippen molar-refractivity contribution in [3.63, 3.8) is 0 Å². The van der Waals surface area contributed by atoms with Gasteiger partial charge in [0.1, 0.15) is 5.54 Å². The van der Waals surface area contributed by atoms with Crippen molar-refractivity contribution in [3.8, 4) is 0 Å². The molecule has 33 heavy (non-hydrogen) atoms. The van der Waals surface area contributed by atoms with Crippen LogP contribution in [0.15, 0.2) is 47.6 Å². The first-order valence-corrected chi connectivity index (χ1v) is 10.9. The zero-order valence-electron chi connectivity index (χ0n) is 17.7. The number of amides is 4. The van der Waals surface area contributed by atoms with Gasteiger partial charge in [-0.25, -0.2) is 18.1 Å². The molecule has 4 amide bonds. The third-order valence-corrected chi connectivity index (χ3v) is 6.57. The minimum absolute atomic E-state index is 0.0634. The first kappa shape index (κ1) is 24.2. The minimum Gasteiger partial charge on any atom is -0.345 e. The summed E-state index contributed by atoms with van der Waals surface area (Å²) < 4.78 is 61.3. The van der Waals surface area contributed by atoms with Crippen LogP contribution in [0.1, 0.15) is 22.8 Å². The van der Waals surface area contributed by atoms with Gasteiger partial charge in [0.25, 0.3) is 21.7 Å². The van der Waals surface area contributed by atoms with Gasteiger partial charge in [-0.2, -0.15) is 13.2 Å². The molecule has 1 aliphatic rings. The van der Waals surface area contributed by atoms with Crippen LogP contribution in [0.5, 0.6) is 0 Å². The number of carbonyl (C=O) groups is 3. The first-order chi connectivity index (χ1) is 15.2. The van der Waals surface area contributed by atoms with E-state index in [2.05, 4.69) is 10.3 Å². The number of imide groups is 1. The Bertz CT molecular complexity index is 1230. The van der Waals surface area contributed by atoms with Crippen molar-refractivity contribution in [2.75, 3.05) is 19.0 Å². The molecular weight excluding hydrogens is 465 g/mol. The second-order valence-corrected chi connectivity index (χ2v) is 9.70. The molecular formula is C20H19F3N4O5S. The van der Waals surface area contributed by atoms with Gasteiger partial charge in [0.15, 0.2) is 0 Å². The van der Waals surface area contributed by atoms with Crippen molar-refractivity contribution >= 4 is 33.4 Å². The SMILES string of the molecule is CN(C)C(=O)c1cnccc1CC1(C)NC(=O)N(c2ccc(S(=O)(=O)C(F)(F)F)cc2)C1=O. The van der Waals surface area contributed by atoms with E-state index in [0.29, 0.717) is 22.6 Å². The molecule has 176 valence electrons. The van der Waals surface area contributed by atoms with E-state index in [-0.39, 0.29) is 23.6 Å². The number of benzene rings is 1. The second-order valence-electron chi connectivity index (χ2n) is 7.76. The summed E-state index contributed by atoms with van der Waals surface area (Å²) in [7, 11) is -2.47. The number of hydrogen-bond donors (Lipinski definition) is 1. The van der Waals surface area contributed by atoms with Crippen LogP contribution in [0.2, 0.25) is 0 Å². The number of rotatable bonds is 5. The molecule has 1 aromatic heterocycles. The number of alkyl halides is 3. The average Bonchev–Trinajstić information content (AvgIpc) is 2.95. The molecule has 0 bridgehead atoms. The maximum Gasteiger partial charge on any atom is 0.501 e. The van der Waals surface area contributed by atoms with Gasteiger partial charge in [-0.05, 0) is 42.8 Å². The van der Waals surface area contributed by atoms with E-state index < -0.39 is 37.7 Å². The molecule has 1 aromatic carbocycles. The fourth-order valence-corrected chi connectivity index (χ4v) is 4.10. The van der Waals surface area contributed by atoms with Crippen molar-refractivity contribution in [1.82, 2.24) is 15.2 Å². The number of pyridine rings is 1. The van der Waals surface area contributed by atoms with E-state index in [1.165, 1.54) is 24.2 Å². The fourth-order valence-electron chi connectivity index (χ4n) is 3.34. The predicted molar refractivity (Wildman–Crippen MR) is 110 cm³/mol. The van der Waals surface area contributed by atoms with Gasteiger partial charge in [-0.3, -0.25) is 14.6 Å². The Morgan fingerprint density at radius 2 is 1.76 bits per heavy atom. The lowest BCUT2D eigenvalue weighted by Crippen LogP contribution is -2.46. The van der Waals surface area contributed by atoms with Crippen LogP contribution < -0.4 is 10.2 Å². The van der Waals surface area contributed by atoms with Gasteiger partial charge in [0.05, 0.1) is 16.1 Å². The molecule has 13 heteroatoms. The van der Waals surface area contributed by atoms with Crippen molar-refractivity contribution in [2.45, 2.75) is 29.3 Å². The Hall–Kier alpha value is -3.48. The number of carbonyl (C=O) groups excluding carboxylic acids is 3. The lowest BCUT2D eigenvalue weighted by Gasteiger charge is -2.23. The molecule has 3 rings (SSSR count). The summed E-state index contributed by atoms with van der Waals surface area (Å²) >= 11 is 0. The van der Waals surface area contributed by atoms with E-state index in [9.17, 15) is 36.0 Å². The number of anilines is 1. The van der Waals surface area contributed by atoms with Gasteiger partial charge in [-0.1, -0.05) is 0 Å². The number of nitrogens with zero attached hydrogens (tertiary/aromatic N) is 3. The number of nitrogens with one attached hydrogen (secondary N) is 1. The molecule has 0 radical (unpaired) electrons. The molecule has 1 fully saturated rings. The average molecular weight is 484 g/mol. The van der Waals surface area contributed by atoms with Gasteiger partial charge in [-0.15, -0.1) is 0 Å². The summed E-state index contributed by atoms with van der Waals surface area (Å²) in [6.45, 7) is 1.44. The second kappa shape index (κ2) is 8.14. The van der Waals surface area contributed by atoms with Gasteiger partial charge in [0, 0.05) is 32.9 Å². The van der Waals surface area contributed by atoms with E-state index >= 15 is 0 Å². The monoisotopic (exact) mass is 484 g/mol. The zero-order valence-corrected chi connectivity index (χ0v) is 18.5. The number of sulfone groups is 1. The molecule has 2 aromatic rings. The maximum absolute atomic E-state index is 13.1. The molecule has 0 aliphatic carbocycles. The number of hydrogen-bond acceptors (Lipinski definition) is 6. The van der Waals surface area contributed by atoms with E-state index in [4.69, 9.17) is 0 Å². The minimum atomic E-state index is -5.57. The lowest BCUT2D eigenvalue weighted by atomic mass is 9.90. The van der Waals surface area contributed by atoms with Gasteiger partial charge < -0.3 is 10.2 Å². The summed E-state index contributed by atoms with van der Waals surface area (Å²) in [5, 5.41) is 2.54. The van der Waals surface area contributed by atoms with Crippen LogP contribution >= 0.6 is 0 Å². The summed E-state index contributed by atoms with van der Waals surface area (Å²) in [5.41, 5.74) is -6.38. The number of aromatic nitrogens is 1. The lowest BCUT2D eigenvalue weighted by molar-refractivity contribution is -0.121. The van der Waals surface area contributed by atoms with E-state index in [1.54, 1.807) is 20.2 Å². The largest absolute Gasteiger partial charge is 0.501 e. The van der Waals surface area contributed by atoms with Crippen molar-refractivity contribution < 1.29 is 36.0 Å². The smallest absolute Gasteiger partial charge is 0.345 e. The van der Waals surface area contributed by atoms with Crippen LogP contribution in [-0.2, 0) is 21.1 Å². The summed E-state index contributed by atoms with van der Waals surface area (Å²) in [6.07, 6.45) is 2.72. The highest BCUT2D eigenvalue weighted by Gasteiger charge is 2.50. The predicted octanol–water partition coefficient (Wildman–Crippen LogP) is 2.13. The van der Waals surface area contributed by atoms with Crippen molar-refractivity contribution in [1.29, 1.82) is 0 Å². The van der Waals surface area contributed by atoms with E-state index in [0.717, 1.165) is 12.1 Å². The highest BCUT2D eigenvalue weighted by atomic mass is 32.2. The standard InChI is InChI=1S/C20H19F3N4O5S/c1-19(10-12-8-9-24-11-15(12)16(28)26(2)3)17(29)27(18(30)25-19)13-4-6-14(7-5-13)33(31,32)20(21,22)23/h4-9,11H,10H2,1-3H3,(H,25,30). The Labute approximate surface area is 187 Å². The highest BCUT2D eigenvalue weighted by Crippen LogP contribution is 2.33. The summed E-state index contributed by atoms with van der Waals surface area (Å²) in [5.74, 6) is -1.07. The zero-order chi connectivity index (χ0) is 24.8. The third-order valence-electron chi connectivity index (χ3n) is 5.06. The first-order valence-electron chi connectivity index (χ1n) is 9.42. The molecule has 0 saturated carbocycles. The molecule has 0 spiro atoms. The molecule has 2 heterocycles. The quantitative estimate of drug-likeness (QED) is 0.650. The maximum atomic E-state index is 13.1. The Morgan fingerprint density at radius 1 is 1.15 bits per heavy atom. The molecule has 1 N–H and O–H groups in total. The van der Waals surface area contributed by atoms with Crippen molar-refractivity contribution in [3.05, 3.63) is 53.9 Å². The number of urea groups is 1. The molecule has 1 aliphatic heterocycles. The molecule has 1 atom stereocenters. The van der Waals surface area contributed by atoms with E-state index in [1.807, 2.05) is 0 Å². The number of halogens is 3. The van der Waals surface area contributed by atoms with Crippen LogP contribution in [0.25, 0.3) is 0 Å². The van der Waals surface area contributed by atoms with Crippen LogP contribution in [0.3, 0.4) is 0 Å². The van der Waals surface area contributed by atoms with Gasteiger partial charge in [0.2, 0.25) is 0 Å². The normalized spacial score (nSPS) is 18.9. The Balaban J connectivity index is 1.91. The molecule has 9 nitrogen and oxygen atoms in total. The van der Waals surface area contributed by atoms with Crippen LogP contribution in [0.4, 0.5) is 23.7 Å². The van der Waals surface area contributed by atoms with Crippen LogP contribution in [-0.4, -0.2) is 61.3 Å². The molecule has 1 unspecified atom stereocenters. The Morgan fingerprint density at radius 3 is 2.30 bits per heavy atom. The Kier molecular flexibility index (Phi) is 5.96. The summed E-state index contributed by atoms with van der Waals surface area (Å²) in [4.78, 5) is 43.1. The van der Waals surface area contributed by atoms with Gasteiger partial charge >= 0.3 is 11.5 Å².